The van der Waals surface area contributed by atoms with Crippen molar-refractivity contribution in [3.63, 3.8) is 0 Å². The minimum atomic E-state index is -0.172. The molecule has 3 saturated carbocycles. The number of aliphatic hydroxyl groups excluding tert-OH is 1. The molecular weight excluding hydrogens is 414 g/mol. The summed E-state index contributed by atoms with van der Waals surface area (Å²) in [6.07, 6.45) is 14.5. The van der Waals surface area contributed by atoms with Gasteiger partial charge < -0.3 is 15.3 Å². The maximum Gasteiger partial charge on any atom is 0.261 e. The van der Waals surface area contributed by atoms with E-state index < -0.39 is 0 Å². The molecule has 4 aliphatic carbocycles. The maximum atomic E-state index is 12.1. The number of rotatable bonds is 5. The molecular formula is C27H37N3O3. The smallest absolute Gasteiger partial charge is 0.261 e. The maximum absolute atomic E-state index is 12.1. The molecule has 6 atom stereocenters. The number of carbonyl (C=O) groups is 1. The lowest BCUT2D eigenvalue weighted by Gasteiger charge is -2.57. The van der Waals surface area contributed by atoms with E-state index in [2.05, 4.69) is 35.4 Å². The Labute approximate surface area is 196 Å². The number of allylic oxidation sites excluding steroid dienone is 2. The molecule has 178 valence electrons. The van der Waals surface area contributed by atoms with Crippen molar-refractivity contribution in [3.8, 4) is 0 Å². The Morgan fingerprint density at radius 1 is 1.15 bits per heavy atom. The molecule has 6 heteroatoms. The summed E-state index contributed by atoms with van der Waals surface area (Å²) in [5.74, 6) is 1.95. The Balaban J connectivity index is 1.19. The van der Waals surface area contributed by atoms with E-state index in [0.29, 0.717) is 18.4 Å². The van der Waals surface area contributed by atoms with Gasteiger partial charge in [0.1, 0.15) is 0 Å². The Bertz CT molecular complexity index is 945. The molecule has 4 aliphatic rings. The SMILES string of the molecule is C[C@]12CC[C@@H]3[C@H](CCC4=C/C(=N/OCC(=O)NCc5ccncc5)CC[C@@]43C)[C@H]1CC[C@@H]2O. The van der Waals surface area contributed by atoms with E-state index in [4.69, 9.17) is 4.84 Å². The highest BCUT2D eigenvalue weighted by atomic mass is 16.6. The minimum absolute atomic E-state index is 0.0671. The van der Waals surface area contributed by atoms with Gasteiger partial charge in [-0.15, -0.1) is 0 Å². The van der Waals surface area contributed by atoms with E-state index in [1.165, 1.54) is 24.8 Å². The van der Waals surface area contributed by atoms with Crippen molar-refractivity contribution in [2.75, 3.05) is 6.61 Å². The van der Waals surface area contributed by atoms with Gasteiger partial charge in [-0.2, -0.15) is 0 Å². The highest BCUT2D eigenvalue weighted by molar-refractivity contribution is 5.96. The molecule has 0 spiro atoms. The highest BCUT2D eigenvalue weighted by Gasteiger charge is 2.58. The number of carbonyl (C=O) groups excluding carboxylic acids is 1. The van der Waals surface area contributed by atoms with Crippen LogP contribution < -0.4 is 5.32 Å². The number of hydrogen-bond donors (Lipinski definition) is 2. The first-order valence-corrected chi connectivity index (χ1v) is 12.6. The third kappa shape index (κ3) is 4.11. The van der Waals surface area contributed by atoms with Crippen molar-refractivity contribution in [2.24, 2.45) is 33.7 Å². The molecule has 3 fully saturated rings. The third-order valence-corrected chi connectivity index (χ3v) is 9.54. The summed E-state index contributed by atoms with van der Waals surface area (Å²) in [5.41, 5.74) is 3.85. The average molecular weight is 452 g/mol. The molecule has 1 aromatic heterocycles. The molecule has 2 N–H and O–H groups in total. The molecule has 0 aromatic carbocycles. The van der Waals surface area contributed by atoms with Crippen molar-refractivity contribution in [1.29, 1.82) is 0 Å². The number of pyridine rings is 1. The van der Waals surface area contributed by atoms with Crippen LogP contribution in [0, 0.1) is 28.6 Å². The summed E-state index contributed by atoms with van der Waals surface area (Å²) in [6, 6.07) is 3.76. The van der Waals surface area contributed by atoms with Crippen LogP contribution >= 0.6 is 0 Å². The molecule has 0 bridgehead atoms. The Morgan fingerprint density at radius 2 is 1.97 bits per heavy atom. The molecule has 6 nitrogen and oxygen atoms in total. The zero-order chi connectivity index (χ0) is 23.1. The van der Waals surface area contributed by atoms with Gasteiger partial charge in [0.05, 0.1) is 11.8 Å². The normalized spacial score (nSPS) is 38.6. The second-order valence-corrected chi connectivity index (χ2v) is 11.1. The number of oxime groups is 1. The highest BCUT2D eigenvalue weighted by Crippen LogP contribution is 2.65. The number of aromatic nitrogens is 1. The predicted molar refractivity (Wildman–Crippen MR) is 127 cm³/mol. The van der Waals surface area contributed by atoms with Crippen molar-refractivity contribution in [1.82, 2.24) is 10.3 Å². The summed E-state index contributed by atoms with van der Waals surface area (Å²) in [6.45, 7) is 5.20. The van der Waals surface area contributed by atoms with Crippen LogP contribution in [0.2, 0.25) is 0 Å². The summed E-state index contributed by atoms with van der Waals surface area (Å²) >= 11 is 0. The van der Waals surface area contributed by atoms with Crippen LogP contribution in [0.4, 0.5) is 0 Å². The number of nitrogens with zero attached hydrogens (tertiary/aromatic N) is 2. The van der Waals surface area contributed by atoms with Gasteiger partial charge in [0.15, 0.2) is 6.61 Å². The molecule has 0 aliphatic heterocycles. The third-order valence-electron chi connectivity index (χ3n) is 9.54. The van der Waals surface area contributed by atoms with E-state index >= 15 is 0 Å². The summed E-state index contributed by atoms with van der Waals surface area (Å²) in [7, 11) is 0. The number of aliphatic hydroxyl groups is 1. The van der Waals surface area contributed by atoms with E-state index in [1.807, 2.05) is 12.1 Å². The van der Waals surface area contributed by atoms with Gasteiger partial charge in [0.2, 0.25) is 0 Å². The zero-order valence-corrected chi connectivity index (χ0v) is 19.9. The van der Waals surface area contributed by atoms with Crippen LogP contribution in [-0.4, -0.2) is 34.4 Å². The van der Waals surface area contributed by atoms with Crippen molar-refractivity contribution < 1.29 is 14.7 Å². The molecule has 1 heterocycles. The van der Waals surface area contributed by atoms with Crippen molar-refractivity contribution >= 4 is 11.6 Å². The van der Waals surface area contributed by atoms with Crippen molar-refractivity contribution in [3.05, 3.63) is 41.7 Å². The first-order chi connectivity index (χ1) is 15.9. The quantitative estimate of drug-likeness (QED) is 0.650. The Morgan fingerprint density at radius 3 is 2.79 bits per heavy atom. The Hall–Kier alpha value is -2.21. The molecule has 5 rings (SSSR count). The van der Waals surface area contributed by atoms with Gasteiger partial charge in [-0.3, -0.25) is 9.78 Å². The van der Waals surface area contributed by atoms with Crippen LogP contribution in [0.1, 0.15) is 70.8 Å². The van der Waals surface area contributed by atoms with Gasteiger partial charge >= 0.3 is 0 Å². The topological polar surface area (TPSA) is 83.8 Å². The minimum Gasteiger partial charge on any atom is -0.393 e. The fourth-order valence-corrected chi connectivity index (χ4v) is 7.54. The second-order valence-electron chi connectivity index (χ2n) is 11.1. The van der Waals surface area contributed by atoms with Crippen LogP contribution in [0.25, 0.3) is 0 Å². The van der Waals surface area contributed by atoms with Gasteiger partial charge in [-0.05, 0) is 104 Å². The van der Waals surface area contributed by atoms with Crippen LogP contribution in [0.5, 0.6) is 0 Å². The van der Waals surface area contributed by atoms with Gasteiger partial charge in [0.25, 0.3) is 5.91 Å². The van der Waals surface area contributed by atoms with E-state index in [-0.39, 0.29) is 29.4 Å². The monoisotopic (exact) mass is 451 g/mol. The number of amides is 1. The summed E-state index contributed by atoms with van der Waals surface area (Å²) in [5, 5.41) is 17.8. The number of fused-ring (bicyclic) bond motifs is 5. The summed E-state index contributed by atoms with van der Waals surface area (Å²) in [4.78, 5) is 21.5. The van der Waals surface area contributed by atoms with Gasteiger partial charge in [-0.1, -0.05) is 24.6 Å². The first-order valence-electron chi connectivity index (χ1n) is 12.6. The fourth-order valence-electron chi connectivity index (χ4n) is 7.54. The van der Waals surface area contributed by atoms with Gasteiger partial charge in [0, 0.05) is 18.9 Å². The molecule has 1 amide bonds. The van der Waals surface area contributed by atoms with Crippen LogP contribution in [0.15, 0.2) is 41.3 Å². The van der Waals surface area contributed by atoms with E-state index in [1.54, 1.807) is 12.4 Å². The molecule has 1 aromatic rings. The van der Waals surface area contributed by atoms with Crippen molar-refractivity contribution in [2.45, 2.75) is 77.9 Å². The largest absolute Gasteiger partial charge is 0.393 e. The number of hydrogen-bond acceptors (Lipinski definition) is 5. The van der Waals surface area contributed by atoms with E-state index in [0.717, 1.165) is 49.3 Å². The van der Waals surface area contributed by atoms with Crippen LogP contribution in [0.3, 0.4) is 0 Å². The standard InChI is InChI=1S/C27H37N3O3/c1-26-11-7-20(30-33-17-25(32)29-16-18-9-13-28-14-10-18)15-19(26)3-4-21-22-5-6-24(31)27(22,2)12-8-23(21)26/h9-10,13-15,21-24,31H,3-8,11-12,16-17H2,1-2H3,(H,29,32)/b30-20+/t21-,22-,23-,24+,26+,27+/m1/s1. The molecule has 33 heavy (non-hydrogen) atoms. The fraction of sp³-hybridized carbons (Fsp3) is 0.667. The lowest BCUT2D eigenvalue weighted by molar-refractivity contribution is -0.125. The number of nitrogens with one attached hydrogen (secondary N) is 1. The Kier molecular flexibility index (Phi) is 6.06. The zero-order valence-electron chi connectivity index (χ0n) is 19.9. The molecule has 0 radical (unpaired) electrons. The molecule has 0 saturated heterocycles. The predicted octanol–water partition coefficient (Wildman–Crippen LogP) is 4.39. The molecule has 0 unspecified atom stereocenters. The van der Waals surface area contributed by atoms with Crippen LogP contribution in [-0.2, 0) is 16.2 Å². The lowest BCUT2D eigenvalue weighted by atomic mass is 9.47. The first kappa shape index (κ1) is 22.6. The van der Waals surface area contributed by atoms with E-state index in [9.17, 15) is 9.90 Å². The summed E-state index contributed by atoms with van der Waals surface area (Å²) < 4.78 is 0. The van der Waals surface area contributed by atoms with Gasteiger partial charge in [-0.25, -0.2) is 0 Å². The lowest BCUT2D eigenvalue weighted by Crippen LogP contribution is -2.51. The average Bonchev–Trinajstić information content (AvgIpc) is 3.13. The second kappa shape index (κ2) is 8.86.